The molecule has 0 aromatic heterocycles. The quantitative estimate of drug-likeness (QED) is 0.800. The third kappa shape index (κ3) is 3.89. The number of benzene rings is 1. The normalized spacial score (nSPS) is 16.3. The fourth-order valence-electron chi connectivity index (χ4n) is 2.09. The number of hydrogen-bond donors (Lipinski definition) is 0. The number of rotatable bonds is 3. The summed E-state index contributed by atoms with van der Waals surface area (Å²) in [6.07, 6.45) is 3.53. The second kappa shape index (κ2) is 6.87. The molecule has 0 radical (unpaired) electrons. The number of piperidine rings is 1. The number of ketones is 1. The lowest BCUT2D eigenvalue weighted by Crippen LogP contribution is -2.34. The molecule has 0 bridgehead atoms. The first kappa shape index (κ1) is 14.3. The number of hydrogen-bond acceptors (Lipinski definition) is 2. The minimum Gasteiger partial charge on any atom is -0.296 e. The lowest BCUT2D eigenvalue weighted by atomic mass is 10.1. The van der Waals surface area contributed by atoms with Crippen molar-refractivity contribution in [3.8, 4) is 0 Å². The SMILES string of the molecule is Br.O=C(CN1CCCCC1)c1ccccc1F. The van der Waals surface area contributed by atoms with E-state index in [4.69, 9.17) is 0 Å². The molecule has 94 valence electrons. The third-order valence-corrected chi connectivity index (χ3v) is 2.99. The van der Waals surface area contributed by atoms with E-state index in [-0.39, 0.29) is 28.3 Å². The van der Waals surface area contributed by atoms with Gasteiger partial charge in [-0.3, -0.25) is 9.69 Å². The lowest BCUT2D eigenvalue weighted by Gasteiger charge is -2.25. The van der Waals surface area contributed by atoms with E-state index >= 15 is 0 Å². The molecule has 1 aliphatic heterocycles. The number of carbonyl (C=O) groups is 1. The average Bonchev–Trinajstić information content (AvgIpc) is 2.31. The molecule has 1 aromatic rings. The van der Waals surface area contributed by atoms with Crippen molar-refractivity contribution in [3.63, 3.8) is 0 Å². The van der Waals surface area contributed by atoms with Crippen LogP contribution in [0.15, 0.2) is 24.3 Å². The predicted octanol–water partition coefficient (Wildman–Crippen LogP) is 3.07. The monoisotopic (exact) mass is 301 g/mol. The van der Waals surface area contributed by atoms with Gasteiger partial charge in [0.15, 0.2) is 5.78 Å². The highest BCUT2D eigenvalue weighted by Crippen LogP contribution is 2.12. The molecule has 0 aliphatic carbocycles. The topological polar surface area (TPSA) is 20.3 Å². The zero-order valence-electron chi connectivity index (χ0n) is 9.69. The molecule has 2 nitrogen and oxygen atoms in total. The highest BCUT2D eigenvalue weighted by atomic mass is 79.9. The van der Waals surface area contributed by atoms with Crippen LogP contribution in [0.1, 0.15) is 29.6 Å². The first-order chi connectivity index (χ1) is 7.77. The molecule has 0 atom stereocenters. The molecular weight excluding hydrogens is 285 g/mol. The summed E-state index contributed by atoms with van der Waals surface area (Å²) in [6.45, 7) is 2.27. The van der Waals surface area contributed by atoms with Crippen molar-refractivity contribution in [2.75, 3.05) is 19.6 Å². The highest BCUT2D eigenvalue weighted by Gasteiger charge is 2.16. The van der Waals surface area contributed by atoms with Crippen molar-refractivity contribution in [2.45, 2.75) is 19.3 Å². The van der Waals surface area contributed by atoms with Gasteiger partial charge in [0.25, 0.3) is 0 Å². The summed E-state index contributed by atoms with van der Waals surface area (Å²) in [4.78, 5) is 14.0. The van der Waals surface area contributed by atoms with E-state index in [1.807, 2.05) is 0 Å². The standard InChI is InChI=1S/C13H16FNO.BrH/c14-12-7-3-2-6-11(12)13(16)10-15-8-4-1-5-9-15;/h2-3,6-7H,1,4-5,8-10H2;1H. The van der Waals surface area contributed by atoms with Gasteiger partial charge in [0.05, 0.1) is 12.1 Å². The molecular formula is C13H17BrFNO. The van der Waals surface area contributed by atoms with E-state index in [0.717, 1.165) is 25.9 Å². The molecule has 0 amide bonds. The predicted molar refractivity (Wildman–Crippen MR) is 71.3 cm³/mol. The summed E-state index contributed by atoms with van der Waals surface area (Å²) in [5.74, 6) is -0.524. The summed E-state index contributed by atoms with van der Waals surface area (Å²) in [5.41, 5.74) is 0.216. The van der Waals surface area contributed by atoms with Crippen molar-refractivity contribution in [1.82, 2.24) is 4.90 Å². The van der Waals surface area contributed by atoms with Crippen molar-refractivity contribution in [3.05, 3.63) is 35.6 Å². The summed E-state index contributed by atoms with van der Waals surface area (Å²) in [6, 6.07) is 6.20. The Balaban J connectivity index is 0.00000144. The highest BCUT2D eigenvalue weighted by molar-refractivity contribution is 8.93. The molecule has 2 rings (SSSR count). The Labute approximate surface area is 112 Å². The molecule has 1 fully saturated rings. The van der Waals surface area contributed by atoms with E-state index in [1.54, 1.807) is 18.2 Å². The van der Waals surface area contributed by atoms with E-state index in [0.29, 0.717) is 6.54 Å². The fourth-order valence-corrected chi connectivity index (χ4v) is 2.09. The van der Waals surface area contributed by atoms with Crippen molar-refractivity contribution in [1.29, 1.82) is 0 Å². The Kier molecular flexibility index (Phi) is 5.78. The minimum atomic E-state index is -0.412. The van der Waals surface area contributed by atoms with Crippen LogP contribution in [0.3, 0.4) is 0 Å². The van der Waals surface area contributed by atoms with Crippen LogP contribution in [0.2, 0.25) is 0 Å². The largest absolute Gasteiger partial charge is 0.296 e. The summed E-state index contributed by atoms with van der Waals surface area (Å²) >= 11 is 0. The van der Waals surface area contributed by atoms with Gasteiger partial charge in [-0.15, -0.1) is 17.0 Å². The van der Waals surface area contributed by atoms with Gasteiger partial charge in [0.1, 0.15) is 5.82 Å². The van der Waals surface area contributed by atoms with Crippen LogP contribution < -0.4 is 0 Å². The Hall–Kier alpha value is -0.740. The van der Waals surface area contributed by atoms with Crippen LogP contribution in [0.5, 0.6) is 0 Å². The number of Topliss-reactive ketones (excluding diaryl/α,β-unsaturated/α-hetero) is 1. The van der Waals surface area contributed by atoms with Crippen LogP contribution >= 0.6 is 17.0 Å². The van der Waals surface area contributed by atoms with Crippen LogP contribution in [0, 0.1) is 5.82 Å². The Bertz CT molecular complexity index is 377. The molecule has 0 N–H and O–H groups in total. The second-order valence-corrected chi connectivity index (χ2v) is 4.24. The van der Waals surface area contributed by atoms with Crippen LogP contribution in [-0.4, -0.2) is 30.3 Å². The van der Waals surface area contributed by atoms with Gasteiger partial charge in [-0.1, -0.05) is 18.6 Å². The Morgan fingerprint density at radius 3 is 2.47 bits per heavy atom. The number of carbonyl (C=O) groups excluding carboxylic acids is 1. The first-order valence-electron chi connectivity index (χ1n) is 5.77. The molecule has 1 saturated heterocycles. The summed E-state index contributed by atoms with van der Waals surface area (Å²) < 4.78 is 13.4. The van der Waals surface area contributed by atoms with Gasteiger partial charge in [0, 0.05) is 0 Å². The van der Waals surface area contributed by atoms with Crippen LogP contribution in [0.25, 0.3) is 0 Å². The molecule has 1 aromatic carbocycles. The molecule has 0 unspecified atom stereocenters. The van der Waals surface area contributed by atoms with Gasteiger partial charge in [-0.25, -0.2) is 4.39 Å². The first-order valence-corrected chi connectivity index (χ1v) is 5.77. The number of likely N-dealkylation sites (tertiary alicyclic amines) is 1. The molecule has 0 spiro atoms. The summed E-state index contributed by atoms with van der Waals surface area (Å²) in [5, 5.41) is 0. The summed E-state index contributed by atoms with van der Waals surface area (Å²) in [7, 11) is 0. The lowest BCUT2D eigenvalue weighted by molar-refractivity contribution is 0.0911. The van der Waals surface area contributed by atoms with E-state index in [1.165, 1.54) is 12.5 Å². The van der Waals surface area contributed by atoms with Crippen molar-refractivity contribution >= 4 is 22.8 Å². The number of halogens is 2. The Morgan fingerprint density at radius 1 is 1.18 bits per heavy atom. The molecule has 1 heterocycles. The zero-order chi connectivity index (χ0) is 11.4. The van der Waals surface area contributed by atoms with Crippen LogP contribution in [-0.2, 0) is 0 Å². The average molecular weight is 302 g/mol. The molecule has 4 heteroatoms. The maximum absolute atomic E-state index is 13.4. The van der Waals surface area contributed by atoms with E-state index in [2.05, 4.69) is 4.90 Å². The fraction of sp³-hybridized carbons (Fsp3) is 0.462. The molecule has 0 saturated carbocycles. The Morgan fingerprint density at radius 2 is 1.82 bits per heavy atom. The third-order valence-electron chi connectivity index (χ3n) is 2.99. The van der Waals surface area contributed by atoms with Crippen molar-refractivity contribution < 1.29 is 9.18 Å². The van der Waals surface area contributed by atoms with Gasteiger partial charge in [0.2, 0.25) is 0 Å². The van der Waals surface area contributed by atoms with Gasteiger partial charge in [-0.05, 0) is 38.1 Å². The molecule has 1 aliphatic rings. The zero-order valence-corrected chi connectivity index (χ0v) is 11.4. The maximum Gasteiger partial charge on any atom is 0.179 e. The van der Waals surface area contributed by atoms with E-state index in [9.17, 15) is 9.18 Å². The second-order valence-electron chi connectivity index (χ2n) is 4.24. The minimum absolute atomic E-state index is 0. The number of nitrogens with zero attached hydrogens (tertiary/aromatic N) is 1. The maximum atomic E-state index is 13.4. The van der Waals surface area contributed by atoms with Crippen LogP contribution in [0.4, 0.5) is 4.39 Å². The van der Waals surface area contributed by atoms with E-state index < -0.39 is 5.82 Å². The smallest absolute Gasteiger partial charge is 0.179 e. The molecule has 17 heavy (non-hydrogen) atoms. The van der Waals surface area contributed by atoms with Gasteiger partial charge >= 0.3 is 0 Å². The van der Waals surface area contributed by atoms with Crippen molar-refractivity contribution in [2.24, 2.45) is 0 Å². The van der Waals surface area contributed by atoms with Gasteiger partial charge in [-0.2, -0.15) is 0 Å². The van der Waals surface area contributed by atoms with Gasteiger partial charge < -0.3 is 0 Å².